The molecule has 0 aliphatic carbocycles. The molecule has 7 heteroatoms. The second-order valence-electron chi connectivity index (χ2n) is 5.30. The van der Waals surface area contributed by atoms with E-state index < -0.39 is 11.6 Å². The lowest BCUT2D eigenvalue weighted by Crippen LogP contribution is -2.32. The van der Waals surface area contributed by atoms with E-state index in [4.69, 9.17) is 21.7 Å². The molecule has 0 amide bonds. The van der Waals surface area contributed by atoms with E-state index >= 15 is 0 Å². The highest BCUT2D eigenvalue weighted by atomic mass is 32.1. The third-order valence-corrected chi connectivity index (χ3v) is 3.92. The van der Waals surface area contributed by atoms with Gasteiger partial charge in [0.05, 0.1) is 20.3 Å². The molecule has 1 atom stereocenters. The number of ether oxygens (including phenoxy) is 2. The first-order valence-corrected chi connectivity index (χ1v) is 8.13. The predicted octanol–water partition coefficient (Wildman–Crippen LogP) is 4.42. The molecule has 0 fully saturated rings. The second-order valence-corrected chi connectivity index (χ2v) is 5.71. The molecule has 0 aliphatic rings. The Hall–Kier alpha value is -2.41. The molecule has 2 aromatic rings. The van der Waals surface area contributed by atoms with Gasteiger partial charge in [-0.05, 0) is 48.5 Å². The lowest BCUT2D eigenvalue weighted by atomic mass is 10.0. The van der Waals surface area contributed by atoms with Crippen molar-refractivity contribution in [2.75, 3.05) is 19.5 Å². The fraction of sp³-hybridized carbons (Fsp3) is 0.278. The zero-order valence-corrected chi connectivity index (χ0v) is 15.0. The first-order chi connectivity index (χ1) is 12.0. The normalized spacial score (nSPS) is 11.6. The van der Waals surface area contributed by atoms with Crippen LogP contribution >= 0.6 is 12.2 Å². The summed E-state index contributed by atoms with van der Waals surface area (Å²) in [6.07, 6.45) is 0.759. The highest BCUT2D eigenvalue weighted by molar-refractivity contribution is 7.80. The van der Waals surface area contributed by atoms with Gasteiger partial charge in [0.15, 0.2) is 28.2 Å². The van der Waals surface area contributed by atoms with Gasteiger partial charge in [0, 0.05) is 11.8 Å². The maximum absolute atomic E-state index is 13.3. The van der Waals surface area contributed by atoms with Crippen LogP contribution in [0.1, 0.15) is 24.9 Å². The van der Waals surface area contributed by atoms with Crippen LogP contribution in [0.4, 0.5) is 14.5 Å². The van der Waals surface area contributed by atoms with E-state index in [1.54, 1.807) is 14.2 Å². The fourth-order valence-corrected chi connectivity index (χ4v) is 2.65. The Morgan fingerprint density at radius 2 is 1.76 bits per heavy atom. The van der Waals surface area contributed by atoms with Crippen molar-refractivity contribution in [3.05, 3.63) is 53.6 Å². The van der Waals surface area contributed by atoms with Crippen LogP contribution in [-0.4, -0.2) is 19.3 Å². The number of thiocarbonyl (C=S) groups is 1. The molecule has 2 aromatic carbocycles. The Morgan fingerprint density at radius 3 is 2.36 bits per heavy atom. The molecular formula is C18H20F2N2O2S. The van der Waals surface area contributed by atoms with E-state index in [0.29, 0.717) is 22.3 Å². The van der Waals surface area contributed by atoms with Crippen molar-refractivity contribution < 1.29 is 18.3 Å². The van der Waals surface area contributed by atoms with Crippen LogP contribution in [0.25, 0.3) is 0 Å². The number of hydrogen-bond donors (Lipinski definition) is 2. The van der Waals surface area contributed by atoms with Gasteiger partial charge in [0.25, 0.3) is 0 Å². The molecule has 0 radical (unpaired) electrons. The summed E-state index contributed by atoms with van der Waals surface area (Å²) in [4.78, 5) is 0. The molecule has 0 heterocycles. The minimum atomic E-state index is -0.931. The second kappa shape index (κ2) is 8.62. The SMILES string of the molecule is CC[C@H](NC(=S)Nc1ccc(F)c(F)c1)c1ccc(OC)c(OC)c1. The van der Waals surface area contributed by atoms with E-state index in [1.807, 2.05) is 25.1 Å². The topological polar surface area (TPSA) is 42.5 Å². The fourth-order valence-electron chi connectivity index (χ4n) is 2.39. The van der Waals surface area contributed by atoms with E-state index in [0.717, 1.165) is 24.1 Å². The van der Waals surface area contributed by atoms with E-state index in [2.05, 4.69) is 10.6 Å². The Kier molecular flexibility index (Phi) is 6.52. The average molecular weight is 366 g/mol. The highest BCUT2D eigenvalue weighted by Gasteiger charge is 2.14. The van der Waals surface area contributed by atoms with Crippen LogP contribution < -0.4 is 20.1 Å². The van der Waals surface area contributed by atoms with Crippen LogP contribution in [0.15, 0.2) is 36.4 Å². The van der Waals surface area contributed by atoms with Gasteiger partial charge in [-0.3, -0.25) is 0 Å². The summed E-state index contributed by atoms with van der Waals surface area (Å²) in [5.41, 5.74) is 1.34. The lowest BCUT2D eigenvalue weighted by Gasteiger charge is -2.21. The summed E-state index contributed by atoms with van der Waals surface area (Å²) in [7, 11) is 3.15. The molecule has 0 unspecified atom stereocenters. The maximum atomic E-state index is 13.3. The molecule has 0 bridgehead atoms. The molecule has 4 nitrogen and oxygen atoms in total. The van der Waals surface area contributed by atoms with Gasteiger partial charge in [-0.1, -0.05) is 13.0 Å². The zero-order valence-electron chi connectivity index (χ0n) is 14.2. The number of methoxy groups -OCH3 is 2. The van der Waals surface area contributed by atoms with Crippen LogP contribution in [0.5, 0.6) is 11.5 Å². The number of anilines is 1. The van der Waals surface area contributed by atoms with Gasteiger partial charge >= 0.3 is 0 Å². The lowest BCUT2D eigenvalue weighted by molar-refractivity contribution is 0.354. The number of nitrogens with one attached hydrogen (secondary N) is 2. The molecule has 25 heavy (non-hydrogen) atoms. The number of halogens is 2. The van der Waals surface area contributed by atoms with Crippen LogP contribution in [-0.2, 0) is 0 Å². The van der Waals surface area contributed by atoms with Crippen molar-refractivity contribution in [3.8, 4) is 11.5 Å². The van der Waals surface area contributed by atoms with Gasteiger partial charge in [-0.25, -0.2) is 8.78 Å². The predicted molar refractivity (Wildman–Crippen MR) is 98.3 cm³/mol. The smallest absolute Gasteiger partial charge is 0.171 e. The Balaban J connectivity index is 2.10. The van der Waals surface area contributed by atoms with Gasteiger partial charge in [0.1, 0.15) is 0 Å². The van der Waals surface area contributed by atoms with Gasteiger partial charge in [-0.15, -0.1) is 0 Å². The molecule has 134 valence electrons. The third kappa shape index (κ3) is 4.79. The quantitative estimate of drug-likeness (QED) is 0.741. The summed E-state index contributed by atoms with van der Waals surface area (Å²) < 4.78 is 36.8. The highest BCUT2D eigenvalue weighted by Crippen LogP contribution is 2.30. The largest absolute Gasteiger partial charge is 0.493 e. The summed E-state index contributed by atoms with van der Waals surface area (Å²) in [5, 5.41) is 6.33. The summed E-state index contributed by atoms with van der Waals surface area (Å²) in [5.74, 6) is -0.566. The molecule has 0 aromatic heterocycles. The zero-order chi connectivity index (χ0) is 18.4. The molecule has 0 aliphatic heterocycles. The number of benzene rings is 2. The first-order valence-electron chi connectivity index (χ1n) is 7.73. The average Bonchev–Trinajstić information content (AvgIpc) is 2.62. The Morgan fingerprint density at radius 1 is 1.04 bits per heavy atom. The molecule has 0 saturated heterocycles. The number of hydrogen-bond acceptors (Lipinski definition) is 3. The van der Waals surface area contributed by atoms with E-state index in [-0.39, 0.29) is 6.04 Å². The van der Waals surface area contributed by atoms with Gasteiger partial charge in [0.2, 0.25) is 0 Å². The Bertz CT molecular complexity index is 756. The molecule has 0 saturated carbocycles. The maximum Gasteiger partial charge on any atom is 0.171 e. The van der Waals surface area contributed by atoms with Crippen molar-refractivity contribution in [1.29, 1.82) is 0 Å². The monoisotopic (exact) mass is 366 g/mol. The van der Waals surface area contributed by atoms with Crippen molar-refractivity contribution in [2.24, 2.45) is 0 Å². The molecule has 0 spiro atoms. The third-order valence-electron chi connectivity index (χ3n) is 3.70. The van der Waals surface area contributed by atoms with Crippen LogP contribution in [0.3, 0.4) is 0 Å². The summed E-state index contributed by atoms with van der Waals surface area (Å²) in [6, 6.07) is 9.06. The molecule has 2 N–H and O–H groups in total. The van der Waals surface area contributed by atoms with Crippen LogP contribution in [0.2, 0.25) is 0 Å². The number of rotatable bonds is 6. The van der Waals surface area contributed by atoms with Gasteiger partial charge in [-0.2, -0.15) is 0 Å². The minimum absolute atomic E-state index is 0.0786. The van der Waals surface area contributed by atoms with E-state index in [1.165, 1.54) is 6.07 Å². The van der Waals surface area contributed by atoms with E-state index in [9.17, 15) is 8.78 Å². The Labute approximate surface area is 151 Å². The van der Waals surface area contributed by atoms with Crippen molar-refractivity contribution >= 4 is 23.0 Å². The van der Waals surface area contributed by atoms with Crippen molar-refractivity contribution in [3.63, 3.8) is 0 Å². The first kappa shape index (κ1) is 18.9. The van der Waals surface area contributed by atoms with Crippen molar-refractivity contribution in [2.45, 2.75) is 19.4 Å². The summed E-state index contributed by atoms with van der Waals surface area (Å²) >= 11 is 5.27. The van der Waals surface area contributed by atoms with Gasteiger partial charge < -0.3 is 20.1 Å². The molecular weight excluding hydrogens is 346 g/mol. The minimum Gasteiger partial charge on any atom is -0.493 e. The standard InChI is InChI=1S/C18H20F2N2O2S/c1-4-15(11-5-8-16(23-2)17(9-11)24-3)22-18(25)21-12-6-7-13(19)14(20)10-12/h5-10,15H,4H2,1-3H3,(H2,21,22,25)/t15-/m0/s1. The molecule has 2 rings (SSSR count). The summed E-state index contributed by atoms with van der Waals surface area (Å²) in [6.45, 7) is 2.01. The van der Waals surface area contributed by atoms with Crippen molar-refractivity contribution in [1.82, 2.24) is 5.32 Å². The van der Waals surface area contributed by atoms with Crippen LogP contribution in [0, 0.1) is 11.6 Å².